The highest BCUT2D eigenvalue weighted by atomic mass is 16.3. The number of phenols is 2. The fraction of sp³-hybridized carbons (Fsp3) is 0.545. The summed E-state index contributed by atoms with van der Waals surface area (Å²) in [6, 6.07) is 6.30. The van der Waals surface area contributed by atoms with Crippen LogP contribution >= 0.6 is 0 Å². The molecule has 1 aromatic carbocycles. The van der Waals surface area contributed by atoms with E-state index in [0.717, 1.165) is 18.5 Å². The van der Waals surface area contributed by atoms with Crippen LogP contribution in [0.15, 0.2) is 24.3 Å². The maximum absolute atomic E-state index is 10.1. The van der Waals surface area contributed by atoms with Crippen molar-refractivity contribution in [2.45, 2.75) is 77.6 Å². The molecule has 0 saturated heterocycles. The molecular weight excluding hydrogens is 326 g/mol. The highest BCUT2D eigenvalue weighted by Crippen LogP contribution is 2.35. The second-order valence-corrected chi connectivity index (χ2v) is 7.19. The standard InChI is InChI=1S/C22H33NO3/c1-2-3-4-5-6-7-8-9-10-11-12-18-16-21(26)22(23-18)17-13-14-19(24)20(25)15-17/h13-16,23-26H,2-12H2,1H3. The first-order valence-electron chi connectivity index (χ1n) is 10.0. The van der Waals surface area contributed by atoms with Crippen molar-refractivity contribution in [3.8, 4) is 28.5 Å². The van der Waals surface area contributed by atoms with Crippen molar-refractivity contribution in [2.75, 3.05) is 0 Å². The van der Waals surface area contributed by atoms with Crippen molar-refractivity contribution in [1.82, 2.24) is 4.98 Å². The number of aromatic nitrogens is 1. The molecule has 1 heterocycles. The maximum atomic E-state index is 10.1. The van der Waals surface area contributed by atoms with Crippen LogP contribution in [-0.4, -0.2) is 20.3 Å². The van der Waals surface area contributed by atoms with Crippen LogP contribution in [0.5, 0.6) is 17.2 Å². The van der Waals surface area contributed by atoms with Crippen molar-refractivity contribution in [1.29, 1.82) is 0 Å². The lowest BCUT2D eigenvalue weighted by atomic mass is 10.1. The van der Waals surface area contributed by atoms with E-state index in [0.29, 0.717) is 11.3 Å². The van der Waals surface area contributed by atoms with Gasteiger partial charge in [-0.15, -0.1) is 0 Å². The molecular formula is C22H33NO3. The van der Waals surface area contributed by atoms with Crippen molar-refractivity contribution in [3.05, 3.63) is 30.0 Å². The molecule has 0 fully saturated rings. The number of nitrogens with one attached hydrogen (secondary N) is 1. The lowest BCUT2D eigenvalue weighted by Gasteiger charge is -2.03. The van der Waals surface area contributed by atoms with Gasteiger partial charge in [0, 0.05) is 17.3 Å². The number of H-pyrrole nitrogens is 1. The number of aromatic hydroxyl groups is 3. The molecule has 1 aromatic heterocycles. The molecule has 4 nitrogen and oxygen atoms in total. The normalized spacial score (nSPS) is 11.1. The molecule has 0 saturated carbocycles. The summed E-state index contributed by atoms with van der Waals surface area (Å²) in [5.41, 5.74) is 2.25. The minimum absolute atomic E-state index is 0.162. The van der Waals surface area contributed by atoms with Gasteiger partial charge in [-0.3, -0.25) is 0 Å². The van der Waals surface area contributed by atoms with Gasteiger partial charge >= 0.3 is 0 Å². The lowest BCUT2D eigenvalue weighted by Crippen LogP contribution is -1.87. The zero-order chi connectivity index (χ0) is 18.8. The van der Waals surface area contributed by atoms with Gasteiger partial charge in [0.15, 0.2) is 11.5 Å². The SMILES string of the molecule is CCCCCCCCCCCCc1cc(O)c(-c2ccc(O)c(O)c2)[nH]1. The highest BCUT2D eigenvalue weighted by molar-refractivity contribution is 5.69. The fourth-order valence-corrected chi connectivity index (χ4v) is 3.33. The molecule has 0 bridgehead atoms. The molecule has 2 aromatic rings. The largest absolute Gasteiger partial charge is 0.506 e. The smallest absolute Gasteiger partial charge is 0.158 e. The summed E-state index contributed by atoms with van der Waals surface area (Å²) in [5, 5.41) is 29.2. The minimum atomic E-state index is -0.187. The minimum Gasteiger partial charge on any atom is -0.506 e. The van der Waals surface area contributed by atoms with E-state index in [1.54, 1.807) is 12.1 Å². The molecule has 4 heteroatoms. The van der Waals surface area contributed by atoms with Crippen LogP contribution in [0.4, 0.5) is 0 Å². The summed E-state index contributed by atoms with van der Waals surface area (Å²) in [7, 11) is 0. The fourth-order valence-electron chi connectivity index (χ4n) is 3.33. The maximum Gasteiger partial charge on any atom is 0.158 e. The van der Waals surface area contributed by atoms with Crippen molar-refractivity contribution in [2.24, 2.45) is 0 Å². The summed E-state index contributed by atoms with van der Waals surface area (Å²) in [6.07, 6.45) is 14.0. The van der Waals surface area contributed by atoms with E-state index in [9.17, 15) is 15.3 Å². The Labute approximate surface area is 156 Å². The molecule has 0 unspecified atom stereocenters. The van der Waals surface area contributed by atoms with Crippen LogP contribution < -0.4 is 0 Å². The predicted molar refractivity (Wildman–Crippen MR) is 107 cm³/mol. The van der Waals surface area contributed by atoms with Crippen molar-refractivity contribution in [3.63, 3.8) is 0 Å². The van der Waals surface area contributed by atoms with Crippen LogP contribution in [0.1, 0.15) is 76.8 Å². The van der Waals surface area contributed by atoms with E-state index in [1.165, 1.54) is 69.9 Å². The third-order valence-corrected chi connectivity index (χ3v) is 4.92. The Hall–Kier alpha value is -2.10. The number of unbranched alkanes of at least 4 members (excludes halogenated alkanes) is 9. The van der Waals surface area contributed by atoms with Crippen molar-refractivity contribution >= 4 is 0 Å². The zero-order valence-corrected chi connectivity index (χ0v) is 15.9. The van der Waals surface area contributed by atoms with Crippen molar-refractivity contribution < 1.29 is 15.3 Å². The van der Waals surface area contributed by atoms with Crippen LogP contribution in [0.2, 0.25) is 0 Å². The Morgan fingerprint density at radius 3 is 1.92 bits per heavy atom. The van der Waals surface area contributed by atoms with Gasteiger partial charge in [-0.2, -0.15) is 0 Å². The number of benzene rings is 1. The average molecular weight is 360 g/mol. The van der Waals surface area contributed by atoms with Gasteiger partial charge < -0.3 is 20.3 Å². The molecule has 0 amide bonds. The van der Waals surface area contributed by atoms with E-state index in [1.807, 2.05) is 0 Å². The summed E-state index contributed by atoms with van der Waals surface area (Å²) < 4.78 is 0. The first-order valence-corrected chi connectivity index (χ1v) is 10.0. The Morgan fingerprint density at radius 1 is 0.692 bits per heavy atom. The third kappa shape index (κ3) is 6.32. The third-order valence-electron chi connectivity index (χ3n) is 4.92. The summed E-state index contributed by atoms with van der Waals surface area (Å²) in [5.74, 6) is -0.171. The number of hydrogen-bond acceptors (Lipinski definition) is 3. The van der Waals surface area contributed by atoms with Crippen LogP contribution in [-0.2, 0) is 6.42 Å². The zero-order valence-electron chi connectivity index (χ0n) is 15.9. The Kier molecular flexibility index (Phi) is 8.39. The van der Waals surface area contributed by atoms with Gasteiger partial charge in [-0.25, -0.2) is 0 Å². The van der Waals surface area contributed by atoms with Gasteiger partial charge in [0.2, 0.25) is 0 Å². The van der Waals surface area contributed by atoms with E-state index < -0.39 is 0 Å². The number of hydrogen-bond donors (Lipinski definition) is 4. The Balaban J connectivity index is 1.68. The predicted octanol–water partition coefficient (Wildman–Crippen LogP) is 6.26. The Bertz CT molecular complexity index is 663. The number of aromatic amines is 1. The number of aryl methyl sites for hydroxylation is 1. The molecule has 0 aliphatic heterocycles. The molecule has 26 heavy (non-hydrogen) atoms. The topological polar surface area (TPSA) is 76.5 Å². The average Bonchev–Trinajstić information content (AvgIpc) is 2.99. The van der Waals surface area contributed by atoms with Gasteiger partial charge in [-0.05, 0) is 31.0 Å². The van der Waals surface area contributed by atoms with Gasteiger partial charge in [0.1, 0.15) is 5.75 Å². The molecule has 4 N–H and O–H groups in total. The molecule has 0 atom stereocenters. The van der Waals surface area contributed by atoms with Crippen LogP contribution in [0.3, 0.4) is 0 Å². The second kappa shape index (κ2) is 10.8. The first kappa shape index (κ1) is 20.2. The lowest BCUT2D eigenvalue weighted by molar-refractivity contribution is 0.404. The molecule has 0 aliphatic carbocycles. The first-order chi connectivity index (χ1) is 12.6. The number of rotatable bonds is 12. The van der Waals surface area contributed by atoms with Gasteiger partial charge in [-0.1, -0.05) is 64.7 Å². The molecule has 0 spiro atoms. The van der Waals surface area contributed by atoms with E-state index in [-0.39, 0.29) is 17.2 Å². The van der Waals surface area contributed by atoms with E-state index in [4.69, 9.17) is 0 Å². The summed E-state index contributed by atoms with van der Waals surface area (Å²) in [6.45, 7) is 2.25. The van der Waals surface area contributed by atoms with Crippen LogP contribution in [0.25, 0.3) is 11.3 Å². The van der Waals surface area contributed by atoms with E-state index >= 15 is 0 Å². The molecule has 144 valence electrons. The van der Waals surface area contributed by atoms with E-state index in [2.05, 4.69) is 11.9 Å². The Morgan fingerprint density at radius 2 is 1.31 bits per heavy atom. The molecule has 2 rings (SSSR count). The monoisotopic (exact) mass is 359 g/mol. The van der Waals surface area contributed by atoms with Gasteiger partial charge in [0.25, 0.3) is 0 Å². The van der Waals surface area contributed by atoms with Crippen LogP contribution in [0, 0.1) is 0 Å². The van der Waals surface area contributed by atoms with Gasteiger partial charge in [0.05, 0.1) is 5.69 Å². The quantitative estimate of drug-likeness (QED) is 0.267. The summed E-state index contributed by atoms with van der Waals surface area (Å²) in [4.78, 5) is 3.23. The second-order valence-electron chi connectivity index (χ2n) is 7.19. The molecule has 0 radical (unpaired) electrons. The number of phenolic OH excluding ortho intramolecular Hbond substituents is 2. The summed E-state index contributed by atoms with van der Waals surface area (Å²) >= 11 is 0. The molecule has 0 aliphatic rings. The highest BCUT2D eigenvalue weighted by Gasteiger charge is 2.11.